The van der Waals surface area contributed by atoms with Crippen LogP contribution in [0.1, 0.15) is 17.4 Å². The Hall–Kier alpha value is -2.31. The SMILES string of the molecule is C[C@@H](Cn1ccnn1)NC(=O)c1cnccn1. The highest BCUT2D eigenvalue weighted by Crippen LogP contribution is 1.94. The predicted octanol–water partition coefficient (Wildman–Crippen LogP) is -0.113. The summed E-state index contributed by atoms with van der Waals surface area (Å²) in [6, 6.07) is -0.0637. The number of nitrogens with zero attached hydrogens (tertiary/aromatic N) is 5. The van der Waals surface area contributed by atoms with Crippen LogP contribution in [0, 0.1) is 0 Å². The maximum Gasteiger partial charge on any atom is 0.271 e. The molecular formula is C10H12N6O. The van der Waals surface area contributed by atoms with E-state index in [1.165, 1.54) is 18.6 Å². The Morgan fingerprint density at radius 2 is 2.35 bits per heavy atom. The van der Waals surface area contributed by atoms with Crippen LogP contribution in [0.4, 0.5) is 0 Å². The third-order valence-corrected chi connectivity index (χ3v) is 2.11. The topological polar surface area (TPSA) is 85.6 Å². The average Bonchev–Trinajstić information content (AvgIpc) is 2.82. The monoisotopic (exact) mass is 232 g/mol. The van der Waals surface area contributed by atoms with E-state index in [2.05, 4.69) is 25.6 Å². The molecule has 0 saturated carbocycles. The van der Waals surface area contributed by atoms with Gasteiger partial charge in [-0.2, -0.15) is 0 Å². The van der Waals surface area contributed by atoms with Gasteiger partial charge in [-0.25, -0.2) is 4.98 Å². The molecule has 0 aliphatic rings. The minimum absolute atomic E-state index is 0.0637. The summed E-state index contributed by atoms with van der Waals surface area (Å²) in [5, 5.41) is 10.3. The lowest BCUT2D eigenvalue weighted by atomic mass is 10.3. The molecule has 0 saturated heterocycles. The molecule has 7 heteroatoms. The van der Waals surface area contributed by atoms with E-state index in [0.29, 0.717) is 12.2 Å². The van der Waals surface area contributed by atoms with Crippen molar-refractivity contribution >= 4 is 5.91 Å². The third-order valence-electron chi connectivity index (χ3n) is 2.11. The zero-order valence-electron chi connectivity index (χ0n) is 9.32. The van der Waals surface area contributed by atoms with Crippen LogP contribution in [0.5, 0.6) is 0 Å². The molecule has 2 rings (SSSR count). The van der Waals surface area contributed by atoms with Crippen molar-refractivity contribution in [2.24, 2.45) is 0 Å². The van der Waals surface area contributed by atoms with Crippen molar-refractivity contribution in [3.05, 3.63) is 36.7 Å². The fourth-order valence-corrected chi connectivity index (χ4v) is 1.37. The molecule has 2 aromatic heterocycles. The van der Waals surface area contributed by atoms with Gasteiger partial charge in [-0.1, -0.05) is 5.21 Å². The van der Waals surface area contributed by atoms with Gasteiger partial charge in [0.05, 0.1) is 18.9 Å². The molecule has 0 aliphatic carbocycles. The Balaban J connectivity index is 1.91. The summed E-state index contributed by atoms with van der Waals surface area (Å²) >= 11 is 0. The molecule has 0 spiro atoms. The lowest BCUT2D eigenvalue weighted by molar-refractivity contribution is 0.0930. The van der Waals surface area contributed by atoms with E-state index in [1.54, 1.807) is 17.1 Å². The largest absolute Gasteiger partial charge is 0.346 e. The number of aromatic nitrogens is 5. The molecule has 88 valence electrons. The lowest BCUT2D eigenvalue weighted by Crippen LogP contribution is -2.36. The molecule has 0 bridgehead atoms. The van der Waals surface area contributed by atoms with Crippen LogP contribution in [0.3, 0.4) is 0 Å². The van der Waals surface area contributed by atoms with Gasteiger partial charge in [0.2, 0.25) is 0 Å². The molecule has 17 heavy (non-hydrogen) atoms. The number of rotatable bonds is 4. The van der Waals surface area contributed by atoms with Gasteiger partial charge < -0.3 is 5.32 Å². The van der Waals surface area contributed by atoms with Crippen LogP contribution in [0.15, 0.2) is 31.0 Å². The van der Waals surface area contributed by atoms with Crippen molar-refractivity contribution < 1.29 is 4.79 Å². The highest BCUT2D eigenvalue weighted by atomic mass is 16.1. The first kappa shape index (κ1) is 11.2. The first-order valence-corrected chi connectivity index (χ1v) is 5.16. The molecule has 0 aliphatic heterocycles. The summed E-state index contributed by atoms with van der Waals surface area (Å²) in [5.41, 5.74) is 0.304. The number of carbonyl (C=O) groups is 1. The van der Waals surface area contributed by atoms with Crippen LogP contribution in [0.25, 0.3) is 0 Å². The molecule has 7 nitrogen and oxygen atoms in total. The fourth-order valence-electron chi connectivity index (χ4n) is 1.37. The summed E-state index contributed by atoms with van der Waals surface area (Å²) in [7, 11) is 0. The second-order valence-corrected chi connectivity index (χ2v) is 3.59. The van der Waals surface area contributed by atoms with Crippen molar-refractivity contribution in [2.45, 2.75) is 19.5 Å². The number of carbonyl (C=O) groups excluding carboxylic acids is 1. The molecule has 2 aromatic rings. The van der Waals surface area contributed by atoms with Crippen molar-refractivity contribution in [2.75, 3.05) is 0 Å². The van der Waals surface area contributed by atoms with Crippen molar-refractivity contribution in [1.29, 1.82) is 0 Å². The number of nitrogens with one attached hydrogen (secondary N) is 1. The maximum absolute atomic E-state index is 11.7. The van der Waals surface area contributed by atoms with Gasteiger partial charge in [-0.05, 0) is 6.92 Å². The molecule has 0 unspecified atom stereocenters. The van der Waals surface area contributed by atoms with Gasteiger partial charge in [0.25, 0.3) is 5.91 Å². The molecule has 1 N–H and O–H groups in total. The standard InChI is InChI=1S/C10H12N6O/c1-8(7-16-5-4-13-15-16)14-10(17)9-6-11-2-3-12-9/h2-6,8H,7H2,1H3,(H,14,17)/t8-/m0/s1. The summed E-state index contributed by atoms with van der Waals surface area (Å²) in [4.78, 5) is 19.5. The molecule has 0 fully saturated rings. The highest BCUT2D eigenvalue weighted by molar-refractivity contribution is 5.92. The Bertz CT molecular complexity index is 469. The predicted molar refractivity (Wildman–Crippen MR) is 59.0 cm³/mol. The van der Waals surface area contributed by atoms with E-state index < -0.39 is 0 Å². The maximum atomic E-state index is 11.7. The summed E-state index contributed by atoms with van der Waals surface area (Å²) in [6.45, 7) is 2.45. The third kappa shape index (κ3) is 3.07. The number of hydrogen-bond donors (Lipinski definition) is 1. The van der Waals surface area contributed by atoms with E-state index in [4.69, 9.17) is 0 Å². The van der Waals surface area contributed by atoms with E-state index in [-0.39, 0.29) is 11.9 Å². The van der Waals surface area contributed by atoms with Gasteiger partial charge in [0, 0.05) is 24.6 Å². The Morgan fingerprint density at radius 1 is 1.47 bits per heavy atom. The van der Waals surface area contributed by atoms with Crippen LogP contribution < -0.4 is 5.32 Å². The van der Waals surface area contributed by atoms with Gasteiger partial charge in [0.1, 0.15) is 5.69 Å². The van der Waals surface area contributed by atoms with Gasteiger partial charge in [-0.15, -0.1) is 5.10 Å². The van der Waals surface area contributed by atoms with Crippen LogP contribution in [-0.4, -0.2) is 36.9 Å². The van der Waals surface area contributed by atoms with E-state index in [0.717, 1.165) is 0 Å². The first-order valence-electron chi connectivity index (χ1n) is 5.16. The van der Waals surface area contributed by atoms with Crippen molar-refractivity contribution in [1.82, 2.24) is 30.3 Å². The number of amides is 1. The number of hydrogen-bond acceptors (Lipinski definition) is 5. The summed E-state index contributed by atoms with van der Waals surface area (Å²) in [6.07, 6.45) is 7.77. The minimum atomic E-state index is -0.245. The quantitative estimate of drug-likeness (QED) is 0.794. The van der Waals surface area contributed by atoms with Gasteiger partial charge in [0.15, 0.2) is 0 Å². The smallest absolute Gasteiger partial charge is 0.271 e. The average molecular weight is 232 g/mol. The zero-order valence-corrected chi connectivity index (χ0v) is 9.32. The molecular weight excluding hydrogens is 220 g/mol. The van der Waals surface area contributed by atoms with Gasteiger partial charge >= 0.3 is 0 Å². The van der Waals surface area contributed by atoms with Crippen molar-refractivity contribution in [3.63, 3.8) is 0 Å². The van der Waals surface area contributed by atoms with Gasteiger partial charge in [-0.3, -0.25) is 14.5 Å². The highest BCUT2D eigenvalue weighted by Gasteiger charge is 2.11. The minimum Gasteiger partial charge on any atom is -0.346 e. The molecule has 0 aromatic carbocycles. The van der Waals surface area contributed by atoms with E-state index in [9.17, 15) is 4.79 Å². The Labute approximate surface area is 97.9 Å². The van der Waals surface area contributed by atoms with Crippen LogP contribution in [0.2, 0.25) is 0 Å². The van der Waals surface area contributed by atoms with Crippen LogP contribution in [-0.2, 0) is 6.54 Å². The van der Waals surface area contributed by atoms with Crippen molar-refractivity contribution in [3.8, 4) is 0 Å². The molecule has 2 heterocycles. The molecule has 1 atom stereocenters. The first-order chi connectivity index (χ1) is 8.25. The Kier molecular flexibility index (Phi) is 3.39. The second kappa shape index (κ2) is 5.15. The Morgan fingerprint density at radius 3 is 3.00 bits per heavy atom. The normalized spacial score (nSPS) is 12.1. The molecule has 1 amide bonds. The zero-order chi connectivity index (χ0) is 12.1. The summed E-state index contributed by atoms with van der Waals surface area (Å²) in [5.74, 6) is -0.245. The fraction of sp³-hybridized carbons (Fsp3) is 0.300. The van der Waals surface area contributed by atoms with E-state index >= 15 is 0 Å². The van der Waals surface area contributed by atoms with E-state index in [1.807, 2.05) is 6.92 Å². The molecule has 0 radical (unpaired) electrons. The lowest BCUT2D eigenvalue weighted by Gasteiger charge is -2.12. The van der Waals surface area contributed by atoms with Crippen LogP contribution >= 0.6 is 0 Å². The second-order valence-electron chi connectivity index (χ2n) is 3.59. The summed E-state index contributed by atoms with van der Waals surface area (Å²) < 4.78 is 1.65.